The Bertz CT molecular complexity index is 677. The molecule has 1 aromatic carbocycles. The topological polar surface area (TPSA) is 62.3 Å². The number of hydrogen-bond acceptors (Lipinski definition) is 3. The van der Waals surface area contributed by atoms with Gasteiger partial charge in [0.05, 0.1) is 6.54 Å². The molecule has 0 saturated carbocycles. The molecule has 0 bridgehead atoms. The van der Waals surface area contributed by atoms with Gasteiger partial charge < -0.3 is 10.2 Å². The number of nitrogens with zero attached hydrogens (tertiary/aromatic N) is 2. The van der Waals surface area contributed by atoms with Gasteiger partial charge in [-0.05, 0) is 42.3 Å². The number of likely N-dealkylation sites (N-methyl/N-ethyl adjacent to an activating group) is 1. The van der Waals surface area contributed by atoms with Crippen molar-refractivity contribution in [3.63, 3.8) is 0 Å². The number of nitrogens with one attached hydrogen (secondary N) is 1. The van der Waals surface area contributed by atoms with Crippen molar-refractivity contribution in [2.45, 2.75) is 6.42 Å². The van der Waals surface area contributed by atoms with Crippen molar-refractivity contribution in [2.75, 3.05) is 20.1 Å². The number of hydrogen-bond donors (Lipinski definition) is 1. The third-order valence-electron chi connectivity index (χ3n) is 3.40. The van der Waals surface area contributed by atoms with Crippen molar-refractivity contribution in [1.29, 1.82) is 0 Å². The molecule has 2 rings (SSSR count). The highest BCUT2D eigenvalue weighted by atomic mass is 19.1. The summed E-state index contributed by atoms with van der Waals surface area (Å²) in [5.74, 6) is -1.16. The Morgan fingerprint density at radius 2 is 1.96 bits per heavy atom. The second-order valence-electron chi connectivity index (χ2n) is 5.11. The molecule has 0 spiro atoms. The molecule has 2 aromatic rings. The Hall–Kier alpha value is -2.76. The van der Waals surface area contributed by atoms with Crippen LogP contribution in [0.4, 0.5) is 4.39 Å². The van der Waals surface area contributed by atoms with E-state index in [2.05, 4.69) is 10.3 Å². The molecule has 120 valence electrons. The highest BCUT2D eigenvalue weighted by molar-refractivity contribution is 5.96. The first-order chi connectivity index (χ1) is 11.1. The van der Waals surface area contributed by atoms with Crippen LogP contribution < -0.4 is 5.32 Å². The van der Waals surface area contributed by atoms with E-state index in [-0.39, 0.29) is 18.0 Å². The summed E-state index contributed by atoms with van der Waals surface area (Å²) in [6.07, 6.45) is 4.12. The summed E-state index contributed by atoms with van der Waals surface area (Å²) in [5, 5.41) is 2.50. The molecular weight excluding hydrogens is 297 g/mol. The summed E-state index contributed by atoms with van der Waals surface area (Å²) in [6.45, 7) is 0.418. The maximum Gasteiger partial charge on any atom is 0.251 e. The Balaban J connectivity index is 1.78. The van der Waals surface area contributed by atoms with Gasteiger partial charge in [-0.1, -0.05) is 6.07 Å². The van der Waals surface area contributed by atoms with Gasteiger partial charge in [-0.2, -0.15) is 0 Å². The number of carbonyl (C=O) groups excluding carboxylic acids is 2. The van der Waals surface area contributed by atoms with Crippen LogP contribution in [-0.2, 0) is 11.2 Å². The minimum atomic E-state index is -0.488. The first kappa shape index (κ1) is 16.6. The molecule has 0 unspecified atom stereocenters. The molecule has 5 nitrogen and oxygen atoms in total. The fraction of sp³-hybridized carbons (Fsp3) is 0.235. The van der Waals surface area contributed by atoms with E-state index in [0.717, 1.165) is 11.6 Å². The lowest BCUT2D eigenvalue weighted by Gasteiger charge is -2.17. The van der Waals surface area contributed by atoms with Crippen LogP contribution in [0.1, 0.15) is 15.9 Å². The summed E-state index contributed by atoms with van der Waals surface area (Å²) < 4.78 is 13.1. The van der Waals surface area contributed by atoms with Gasteiger partial charge >= 0.3 is 0 Å². The van der Waals surface area contributed by atoms with Crippen molar-refractivity contribution in [3.05, 3.63) is 65.7 Å². The molecule has 1 aromatic heterocycles. The predicted molar refractivity (Wildman–Crippen MR) is 84.3 cm³/mol. The normalized spacial score (nSPS) is 10.2. The minimum Gasteiger partial charge on any atom is -0.344 e. The number of carbonyl (C=O) groups is 2. The second-order valence-corrected chi connectivity index (χ2v) is 5.11. The average molecular weight is 315 g/mol. The standard InChI is InChI=1S/C17H18FN3O2/c1-21(10-7-13-5-8-19-9-6-13)16(22)12-20-17(23)14-3-2-4-15(18)11-14/h2-6,8-9,11H,7,10,12H2,1H3,(H,20,23). The molecule has 2 amide bonds. The van der Waals surface area contributed by atoms with E-state index in [4.69, 9.17) is 0 Å². The molecule has 0 aliphatic carbocycles. The van der Waals surface area contributed by atoms with Gasteiger partial charge in [0.2, 0.25) is 5.91 Å². The Kier molecular flexibility index (Phi) is 5.80. The number of rotatable bonds is 6. The van der Waals surface area contributed by atoms with Crippen LogP contribution in [0.3, 0.4) is 0 Å². The van der Waals surface area contributed by atoms with E-state index in [9.17, 15) is 14.0 Å². The van der Waals surface area contributed by atoms with Gasteiger partial charge in [-0.25, -0.2) is 4.39 Å². The van der Waals surface area contributed by atoms with Crippen LogP contribution in [0.2, 0.25) is 0 Å². The largest absolute Gasteiger partial charge is 0.344 e. The summed E-state index contributed by atoms with van der Waals surface area (Å²) >= 11 is 0. The highest BCUT2D eigenvalue weighted by Crippen LogP contribution is 2.03. The Morgan fingerprint density at radius 3 is 2.65 bits per heavy atom. The van der Waals surface area contributed by atoms with E-state index in [1.54, 1.807) is 24.3 Å². The Labute approximate surface area is 134 Å². The predicted octanol–water partition coefficient (Wildman–Crippen LogP) is 1.65. The van der Waals surface area contributed by atoms with Crippen LogP contribution in [-0.4, -0.2) is 41.8 Å². The number of amides is 2. The zero-order valence-corrected chi connectivity index (χ0v) is 12.8. The molecule has 0 saturated heterocycles. The molecule has 1 N–H and O–H groups in total. The number of aromatic nitrogens is 1. The van der Waals surface area contributed by atoms with Crippen molar-refractivity contribution < 1.29 is 14.0 Å². The molecule has 0 atom stereocenters. The van der Waals surface area contributed by atoms with E-state index in [0.29, 0.717) is 13.0 Å². The van der Waals surface area contributed by atoms with Gasteiger partial charge in [-0.15, -0.1) is 0 Å². The molecule has 6 heteroatoms. The smallest absolute Gasteiger partial charge is 0.251 e. The van der Waals surface area contributed by atoms with Gasteiger partial charge in [0.1, 0.15) is 5.82 Å². The number of halogens is 1. The molecule has 0 aliphatic rings. The van der Waals surface area contributed by atoms with Crippen LogP contribution in [0.5, 0.6) is 0 Å². The van der Waals surface area contributed by atoms with E-state index in [1.807, 2.05) is 12.1 Å². The highest BCUT2D eigenvalue weighted by Gasteiger charge is 2.12. The number of benzene rings is 1. The van der Waals surface area contributed by atoms with Crippen molar-refractivity contribution in [3.8, 4) is 0 Å². The fourth-order valence-corrected chi connectivity index (χ4v) is 1.99. The molecule has 0 aliphatic heterocycles. The van der Waals surface area contributed by atoms with Crippen LogP contribution in [0.15, 0.2) is 48.8 Å². The van der Waals surface area contributed by atoms with Crippen LogP contribution >= 0.6 is 0 Å². The van der Waals surface area contributed by atoms with Gasteiger partial charge in [0, 0.05) is 31.5 Å². The third kappa shape index (κ3) is 5.18. The van der Waals surface area contributed by atoms with E-state index in [1.165, 1.54) is 18.2 Å². The lowest BCUT2D eigenvalue weighted by Crippen LogP contribution is -2.39. The minimum absolute atomic E-state index is 0.123. The van der Waals surface area contributed by atoms with Crippen molar-refractivity contribution in [1.82, 2.24) is 15.2 Å². The van der Waals surface area contributed by atoms with E-state index < -0.39 is 11.7 Å². The molecular formula is C17H18FN3O2. The van der Waals surface area contributed by atoms with Gasteiger partial charge in [-0.3, -0.25) is 14.6 Å². The second kappa shape index (κ2) is 8.03. The summed E-state index contributed by atoms with van der Waals surface area (Å²) in [6, 6.07) is 9.12. The maximum atomic E-state index is 13.1. The van der Waals surface area contributed by atoms with Gasteiger partial charge in [0.25, 0.3) is 5.91 Å². The SMILES string of the molecule is CN(CCc1ccncc1)C(=O)CNC(=O)c1cccc(F)c1. The molecule has 23 heavy (non-hydrogen) atoms. The summed E-state index contributed by atoms with van der Waals surface area (Å²) in [7, 11) is 1.68. The average Bonchev–Trinajstić information content (AvgIpc) is 2.58. The quantitative estimate of drug-likeness (QED) is 0.882. The van der Waals surface area contributed by atoms with Crippen molar-refractivity contribution in [2.24, 2.45) is 0 Å². The lowest BCUT2D eigenvalue weighted by atomic mass is 10.2. The number of pyridine rings is 1. The monoisotopic (exact) mass is 315 g/mol. The fourth-order valence-electron chi connectivity index (χ4n) is 1.99. The van der Waals surface area contributed by atoms with E-state index >= 15 is 0 Å². The molecule has 0 radical (unpaired) electrons. The lowest BCUT2D eigenvalue weighted by molar-refractivity contribution is -0.128. The third-order valence-corrected chi connectivity index (χ3v) is 3.40. The van der Waals surface area contributed by atoms with Crippen molar-refractivity contribution >= 4 is 11.8 Å². The van der Waals surface area contributed by atoms with Crippen LogP contribution in [0, 0.1) is 5.82 Å². The summed E-state index contributed by atoms with van der Waals surface area (Å²) in [5.41, 5.74) is 1.28. The van der Waals surface area contributed by atoms with Crippen LogP contribution in [0.25, 0.3) is 0 Å². The Morgan fingerprint density at radius 1 is 1.22 bits per heavy atom. The zero-order chi connectivity index (χ0) is 16.7. The van der Waals surface area contributed by atoms with Gasteiger partial charge in [0.15, 0.2) is 0 Å². The summed E-state index contributed by atoms with van der Waals surface area (Å²) in [4.78, 5) is 29.3. The first-order valence-electron chi connectivity index (χ1n) is 7.23. The zero-order valence-electron chi connectivity index (χ0n) is 12.8. The molecule has 0 fully saturated rings. The molecule has 1 heterocycles. The first-order valence-corrected chi connectivity index (χ1v) is 7.23. The maximum absolute atomic E-state index is 13.1.